The molecular weight excluding hydrogens is 58.9 g/mol. The van der Waals surface area contributed by atoms with Crippen LogP contribution in [0.1, 0.15) is 21.2 Å². The van der Waals surface area contributed by atoms with E-state index in [1.165, 1.54) is 19.2 Å². The first kappa shape index (κ1) is 5.06. The highest BCUT2D eigenvalue weighted by atomic mass is 13.7. The predicted molar refractivity (Wildman–Crippen MR) is 30.4 cm³/mol. The number of hydrogen-bond acceptors (Lipinski definition) is 0. The Labute approximate surface area is 36.5 Å². The molecule has 0 rings (SSSR count). The van der Waals surface area contributed by atoms with E-state index in [0.717, 1.165) is 0 Å². The van der Waals surface area contributed by atoms with Gasteiger partial charge in [0.05, 0.1) is 0 Å². The molecule has 0 aromatic rings. The Bertz CT molecular complexity index is 15.0. The summed E-state index contributed by atoms with van der Waals surface area (Å²) in [6.45, 7) is 2.21. The molecule has 0 saturated carbocycles. The van der Waals surface area contributed by atoms with Gasteiger partial charge >= 0.3 is 0 Å². The van der Waals surface area contributed by atoms with Crippen molar-refractivity contribution >= 4 is 7.85 Å². The third kappa shape index (κ3) is 4.06. The molecule has 0 nitrogen and oxygen atoms in total. The minimum absolute atomic E-state index is 0. The van der Waals surface area contributed by atoms with Gasteiger partial charge in [-0.3, -0.25) is 0 Å². The second kappa shape index (κ2) is 4.06. The molecule has 0 atom stereocenters. The largest absolute Gasteiger partial charge is 0.101 e. The monoisotopic (exact) mass is 72.1 g/mol. The van der Waals surface area contributed by atoms with E-state index in [2.05, 4.69) is 14.8 Å². The minimum Gasteiger partial charge on any atom is -0.0811 e. The topological polar surface area (TPSA) is 0 Å². The lowest BCUT2D eigenvalue weighted by atomic mass is 10.0. The second-order valence-corrected chi connectivity index (χ2v) is 1.35. The first-order valence-electron chi connectivity index (χ1n) is 2.41. The van der Waals surface area contributed by atoms with Gasteiger partial charge in [-0.2, -0.15) is 0 Å². The number of unbranched alkanes of at least 4 members (excludes halogenated alkanes) is 1. The Balaban J connectivity index is 0. The highest BCUT2D eigenvalue weighted by Gasteiger charge is 1.68. The van der Waals surface area contributed by atoms with Gasteiger partial charge in [0, 0.05) is 1.43 Å². The van der Waals surface area contributed by atoms with Gasteiger partial charge in [0.2, 0.25) is 0 Å². The summed E-state index contributed by atoms with van der Waals surface area (Å²) in [6, 6.07) is 0. The number of rotatable bonds is 2. The Morgan fingerprint density at radius 1 is 1.80 bits per heavy atom. The quantitative estimate of drug-likeness (QED) is 0.428. The molecule has 0 aromatic heterocycles. The molecule has 0 aliphatic rings. The summed E-state index contributed by atoms with van der Waals surface area (Å²) in [5, 5.41) is 0. The van der Waals surface area contributed by atoms with Crippen LogP contribution in [0.4, 0.5) is 0 Å². The minimum atomic E-state index is 0. The van der Waals surface area contributed by atoms with Gasteiger partial charge in [-0.1, -0.05) is 26.1 Å². The highest BCUT2D eigenvalue weighted by Crippen LogP contribution is 1.86. The summed E-state index contributed by atoms with van der Waals surface area (Å²) in [5.41, 5.74) is 0. The summed E-state index contributed by atoms with van der Waals surface area (Å²) in [6.07, 6.45) is 4.08. The SMILES string of the molecule is BCCCC.[HH]. The fraction of sp³-hybridized carbons (Fsp3) is 1.00. The molecule has 0 aliphatic carbocycles. The van der Waals surface area contributed by atoms with Crippen LogP contribution >= 0.6 is 0 Å². The Morgan fingerprint density at radius 3 is 2.40 bits per heavy atom. The van der Waals surface area contributed by atoms with Crippen LogP contribution < -0.4 is 0 Å². The van der Waals surface area contributed by atoms with Crippen LogP contribution in [-0.2, 0) is 0 Å². The van der Waals surface area contributed by atoms with Crippen LogP contribution in [0.15, 0.2) is 0 Å². The van der Waals surface area contributed by atoms with Gasteiger partial charge in [0.15, 0.2) is 0 Å². The third-order valence-electron chi connectivity index (χ3n) is 0.707. The van der Waals surface area contributed by atoms with Crippen molar-refractivity contribution in [2.24, 2.45) is 0 Å². The fourth-order valence-electron chi connectivity index (χ4n) is 0.354. The number of hydrogen-bond donors (Lipinski definition) is 0. The zero-order chi connectivity index (χ0) is 4.12. The normalized spacial score (nSPS) is 8.20. The third-order valence-corrected chi connectivity index (χ3v) is 0.707. The first-order valence-corrected chi connectivity index (χ1v) is 2.41. The van der Waals surface area contributed by atoms with Crippen molar-refractivity contribution in [2.75, 3.05) is 0 Å². The maximum Gasteiger partial charge on any atom is 0.101 e. The molecule has 0 saturated heterocycles. The van der Waals surface area contributed by atoms with Crippen molar-refractivity contribution in [3.63, 3.8) is 0 Å². The van der Waals surface area contributed by atoms with E-state index in [1.807, 2.05) is 0 Å². The molecule has 0 aromatic carbocycles. The molecule has 0 spiro atoms. The van der Waals surface area contributed by atoms with Gasteiger partial charge < -0.3 is 0 Å². The Morgan fingerprint density at radius 2 is 2.40 bits per heavy atom. The maximum atomic E-state index is 2.21. The molecule has 1 heteroatoms. The van der Waals surface area contributed by atoms with Crippen LogP contribution in [-0.4, -0.2) is 7.85 Å². The smallest absolute Gasteiger partial charge is 0.0811 e. The Kier molecular flexibility index (Phi) is 4.12. The zero-order valence-corrected chi connectivity index (χ0v) is 4.12. The van der Waals surface area contributed by atoms with E-state index in [9.17, 15) is 0 Å². The van der Waals surface area contributed by atoms with Crippen molar-refractivity contribution in [2.45, 2.75) is 26.1 Å². The molecular formula is C4H13B. The lowest BCUT2D eigenvalue weighted by Crippen LogP contribution is -1.63. The molecule has 0 N–H and O–H groups in total. The lowest BCUT2D eigenvalue weighted by Gasteiger charge is -1.78. The molecule has 5 heavy (non-hydrogen) atoms. The standard InChI is InChI=1S/C4H11B.H2/c1-2-3-4-5;/h2-5H2,1H3;1H. The van der Waals surface area contributed by atoms with Crippen molar-refractivity contribution in [3.8, 4) is 0 Å². The second-order valence-electron chi connectivity index (χ2n) is 1.35. The van der Waals surface area contributed by atoms with E-state index >= 15 is 0 Å². The van der Waals surface area contributed by atoms with Gasteiger partial charge in [0.25, 0.3) is 0 Å². The average Bonchev–Trinajstić information content (AvgIpc) is 1.41. The van der Waals surface area contributed by atoms with Crippen molar-refractivity contribution in [3.05, 3.63) is 0 Å². The summed E-state index contributed by atoms with van der Waals surface area (Å²) < 4.78 is 0. The van der Waals surface area contributed by atoms with E-state index in [-0.39, 0.29) is 1.43 Å². The highest BCUT2D eigenvalue weighted by molar-refractivity contribution is 6.08. The molecule has 0 radical (unpaired) electrons. The molecule has 0 unspecified atom stereocenters. The summed E-state index contributed by atoms with van der Waals surface area (Å²) >= 11 is 0. The maximum absolute atomic E-state index is 2.21. The van der Waals surface area contributed by atoms with E-state index in [1.54, 1.807) is 0 Å². The van der Waals surface area contributed by atoms with Crippen LogP contribution in [0.2, 0.25) is 6.32 Å². The fourth-order valence-corrected chi connectivity index (χ4v) is 0.354. The molecule has 0 amide bonds. The van der Waals surface area contributed by atoms with Crippen molar-refractivity contribution in [1.29, 1.82) is 0 Å². The molecule has 0 fully saturated rings. The van der Waals surface area contributed by atoms with E-state index in [0.29, 0.717) is 0 Å². The van der Waals surface area contributed by atoms with Crippen LogP contribution in [0.3, 0.4) is 0 Å². The van der Waals surface area contributed by atoms with E-state index < -0.39 is 0 Å². The first-order chi connectivity index (χ1) is 2.41. The van der Waals surface area contributed by atoms with Gasteiger partial charge in [-0.15, -0.1) is 0 Å². The van der Waals surface area contributed by atoms with Gasteiger partial charge in [0.1, 0.15) is 7.85 Å². The predicted octanol–water partition coefficient (Wildman–Crippen LogP) is 1.08. The zero-order valence-electron chi connectivity index (χ0n) is 4.12. The Hall–Kier alpha value is 0.0649. The summed E-state index contributed by atoms with van der Waals surface area (Å²) in [7, 11) is 2.21. The van der Waals surface area contributed by atoms with Gasteiger partial charge in [-0.25, -0.2) is 0 Å². The van der Waals surface area contributed by atoms with Crippen molar-refractivity contribution < 1.29 is 1.43 Å². The van der Waals surface area contributed by atoms with Crippen molar-refractivity contribution in [1.82, 2.24) is 0 Å². The van der Waals surface area contributed by atoms with Crippen LogP contribution in [0, 0.1) is 0 Å². The summed E-state index contributed by atoms with van der Waals surface area (Å²) in [4.78, 5) is 0. The molecule has 0 aliphatic heterocycles. The summed E-state index contributed by atoms with van der Waals surface area (Å²) in [5.74, 6) is 0. The van der Waals surface area contributed by atoms with Gasteiger partial charge in [-0.05, 0) is 0 Å². The van der Waals surface area contributed by atoms with E-state index in [4.69, 9.17) is 0 Å². The van der Waals surface area contributed by atoms with Crippen LogP contribution in [0.5, 0.6) is 0 Å². The van der Waals surface area contributed by atoms with Crippen LogP contribution in [0.25, 0.3) is 0 Å². The molecule has 0 bridgehead atoms. The molecule has 32 valence electrons. The lowest BCUT2D eigenvalue weighted by molar-refractivity contribution is 0.884. The molecule has 0 heterocycles. The average molecular weight is 72.0 g/mol.